The van der Waals surface area contributed by atoms with E-state index >= 15 is 0 Å². The fourth-order valence-electron chi connectivity index (χ4n) is 4.01. The molecular weight excluding hydrogens is 376 g/mol. The number of carbonyl (C=O) groups excluding carboxylic acids is 1. The minimum Gasteiger partial charge on any atom is -0.490 e. The molecule has 5 rings (SSSR count). The predicted octanol–water partition coefficient (Wildman–Crippen LogP) is 3.55. The first-order valence-electron chi connectivity index (χ1n) is 10.3. The van der Waals surface area contributed by atoms with Gasteiger partial charge in [0.1, 0.15) is 23.6 Å². The highest BCUT2D eigenvalue weighted by Crippen LogP contribution is 2.23. The van der Waals surface area contributed by atoms with Crippen molar-refractivity contribution in [3.05, 3.63) is 72.6 Å². The molecule has 30 heavy (non-hydrogen) atoms. The second kappa shape index (κ2) is 8.16. The molecule has 0 radical (unpaired) electrons. The summed E-state index contributed by atoms with van der Waals surface area (Å²) in [7, 11) is 0. The molecule has 0 saturated carbocycles. The minimum absolute atomic E-state index is 0.0731. The Labute approximate surface area is 175 Å². The maximum absolute atomic E-state index is 12.8. The van der Waals surface area contributed by atoms with Crippen LogP contribution in [0.1, 0.15) is 10.5 Å². The molecule has 0 spiro atoms. The number of amides is 1. The monoisotopic (exact) mass is 400 g/mol. The third-order valence-electron chi connectivity index (χ3n) is 5.68. The Morgan fingerprint density at radius 3 is 2.63 bits per heavy atom. The summed E-state index contributed by atoms with van der Waals surface area (Å²) in [6.45, 7) is 4.59. The highest BCUT2D eigenvalue weighted by atomic mass is 16.5. The molecule has 4 aromatic rings. The van der Waals surface area contributed by atoms with Gasteiger partial charge in [0.15, 0.2) is 0 Å². The zero-order chi connectivity index (χ0) is 20.3. The SMILES string of the molecule is O=C(c1cc2ccccc2[nH]1)N1CCN(CCOc2cccc3cccnc23)CC1. The number of ether oxygens (including phenoxy) is 1. The van der Waals surface area contributed by atoms with Crippen LogP contribution in [0, 0.1) is 0 Å². The lowest BCUT2D eigenvalue weighted by atomic mass is 10.2. The van der Waals surface area contributed by atoms with Gasteiger partial charge in [-0.15, -0.1) is 0 Å². The van der Waals surface area contributed by atoms with E-state index in [0.717, 1.165) is 60.3 Å². The first-order valence-corrected chi connectivity index (χ1v) is 10.3. The van der Waals surface area contributed by atoms with Crippen molar-refractivity contribution in [1.29, 1.82) is 0 Å². The van der Waals surface area contributed by atoms with Gasteiger partial charge in [-0.3, -0.25) is 14.7 Å². The van der Waals surface area contributed by atoms with Gasteiger partial charge >= 0.3 is 0 Å². The number of benzene rings is 2. The number of hydrogen-bond acceptors (Lipinski definition) is 4. The molecule has 6 heteroatoms. The number of para-hydroxylation sites is 2. The summed E-state index contributed by atoms with van der Waals surface area (Å²) in [5.41, 5.74) is 2.56. The fourth-order valence-corrected chi connectivity index (χ4v) is 4.01. The van der Waals surface area contributed by atoms with Crippen LogP contribution < -0.4 is 4.74 Å². The topological polar surface area (TPSA) is 61.5 Å². The first kappa shape index (κ1) is 18.6. The van der Waals surface area contributed by atoms with Crippen LogP contribution in [0.25, 0.3) is 21.8 Å². The number of piperazine rings is 1. The number of fused-ring (bicyclic) bond motifs is 2. The Morgan fingerprint density at radius 2 is 1.77 bits per heavy atom. The molecule has 1 saturated heterocycles. The minimum atomic E-state index is 0.0731. The molecular formula is C24H24N4O2. The average Bonchev–Trinajstić information content (AvgIpc) is 3.24. The van der Waals surface area contributed by atoms with Gasteiger partial charge in [-0.05, 0) is 24.3 Å². The lowest BCUT2D eigenvalue weighted by Crippen LogP contribution is -2.49. The molecule has 6 nitrogen and oxygen atoms in total. The zero-order valence-corrected chi connectivity index (χ0v) is 16.8. The van der Waals surface area contributed by atoms with Crippen LogP contribution in [0.2, 0.25) is 0 Å². The average molecular weight is 400 g/mol. The number of nitrogens with one attached hydrogen (secondary N) is 1. The van der Waals surface area contributed by atoms with Crippen LogP contribution in [0.3, 0.4) is 0 Å². The first-order chi connectivity index (χ1) is 14.8. The van der Waals surface area contributed by atoms with Crippen molar-refractivity contribution in [2.45, 2.75) is 0 Å². The van der Waals surface area contributed by atoms with E-state index in [-0.39, 0.29) is 5.91 Å². The molecule has 0 bridgehead atoms. The second-order valence-corrected chi connectivity index (χ2v) is 7.58. The van der Waals surface area contributed by atoms with Crippen molar-refractivity contribution in [3.8, 4) is 5.75 Å². The van der Waals surface area contributed by atoms with Gasteiger partial charge in [-0.2, -0.15) is 0 Å². The molecule has 2 aromatic heterocycles. The van der Waals surface area contributed by atoms with E-state index in [9.17, 15) is 4.79 Å². The Balaban J connectivity index is 1.14. The van der Waals surface area contributed by atoms with Gasteiger partial charge in [0.05, 0.1) is 0 Å². The van der Waals surface area contributed by atoms with E-state index in [1.54, 1.807) is 6.20 Å². The van der Waals surface area contributed by atoms with Gasteiger partial charge in [0, 0.05) is 55.2 Å². The zero-order valence-electron chi connectivity index (χ0n) is 16.8. The summed E-state index contributed by atoms with van der Waals surface area (Å²) < 4.78 is 6.01. The van der Waals surface area contributed by atoms with Crippen molar-refractivity contribution >= 4 is 27.7 Å². The van der Waals surface area contributed by atoms with Gasteiger partial charge < -0.3 is 14.6 Å². The van der Waals surface area contributed by atoms with Crippen molar-refractivity contribution in [3.63, 3.8) is 0 Å². The van der Waals surface area contributed by atoms with Crippen LogP contribution in [0.5, 0.6) is 5.75 Å². The maximum atomic E-state index is 12.8. The number of H-pyrrole nitrogens is 1. The number of pyridine rings is 1. The third-order valence-corrected chi connectivity index (χ3v) is 5.68. The number of hydrogen-bond donors (Lipinski definition) is 1. The number of carbonyl (C=O) groups is 1. The molecule has 2 aromatic carbocycles. The van der Waals surface area contributed by atoms with Crippen LogP contribution in [0.4, 0.5) is 0 Å². The third kappa shape index (κ3) is 3.74. The van der Waals surface area contributed by atoms with E-state index in [1.165, 1.54) is 0 Å². The number of aromatic nitrogens is 2. The number of rotatable bonds is 5. The van der Waals surface area contributed by atoms with Crippen LogP contribution in [-0.4, -0.2) is 65.0 Å². The quantitative estimate of drug-likeness (QED) is 0.557. The Hall–Kier alpha value is -3.38. The van der Waals surface area contributed by atoms with Crippen molar-refractivity contribution < 1.29 is 9.53 Å². The molecule has 0 atom stereocenters. The lowest BCUT2D eigenvalue weighted by Gasteiger charge is -2.34. The van der Waals surface area contributed by atoms with E-state index in [4.69, 9.17) is 4.74 Å². The molecule has 0 aliphatic carbocycles. The van der Waals surface area contributed by atoms with Crippen LogP contribution in [-0.2, 0) is 0 Å². The van der Waals surface area contributed by atoms with Crippen LogP contribution >= 0.6 is 0 Å². The van der Waals surface area contributed by atoms with Crippen molar-refractivity contribution in [2.75, 3.05) is 39.3 Å². The fraction of sp³-hybridized carbons (Fsp3) is 0.250. The molecule has 1 aliphatic heterocycles. The lowest BCUT2D eigenvalue weighted by molar-refractivity contribution is 0.0616. The van der Waals surface area contributed by atoms with Gasteiger partial charge in [0.2, 0.25) is 0 Å². The van der Waals surface area contributed by atoms with E-state index in [0.29, 0.717) is 12.3 Å². The molecule has 1 fully saturated rings. The van der Waals surface area contributed by atoms with E-state index in [2.05, 4.69) is 14.9 Å². The molecule has 152 valence electrons. The van der Waals surface area contributed by atoms with E-state index < -0.39 is 0 Å². The summed E-state index contributed by atoms with van der Waals surface area (Å²) in [6, 6.07) is 19.9. The highest BCUT2D eigenvalue weighted by Gasteiger charge is 2.23. The summed E-state index contributed by atoms with van der Waals surface area (Å²) in [5, 5.41) is 2.15. The molecule has 3 heterocycles. The standard InChI is InChI=1S/C24H24N4O2/c29-24(21-17-19-5-1-2-8-20(19)26-21)28-13-11-27(12-14-28)15-16-30-22-9-3-6-18-7-4-10-25-23(18)22/h1-10,17,26H,11-16H2. The largest absolute Gasteiger partial charge is 0.490 e. The molecule has 1 amide bonds. The Bertz CT molecular complexity index is 1140. The summed E-state index contributed by atoms with van der Waals surface area (Å²) in [4.78, 5) is 24.8. The molecule has 1 N–H and O–H groups in total. The highest BCUT2D eigenvalue weighted by molar-refractivity contribution is 5.98. The normalized spacial score (nSPS) is 15.0. The predicted molar refractivity (Wildman–Crippen MR) is 118 cm³/mol. The summed E-state index contributed by atoms with van der Waals surface area (Å²) >= 11 is 0. The summed E-state index contributed by atoms with van der Waals surface area (Å²) in [5.74, 6) is 0.893. The van der Waals surface area contributed by atoms with Crippen molar-refractivity contribution in [2.24, 2.45) is 0 Å². The number of nitrogens with zero attached hydrogens (tertiary/aromatic N) is 3. The van der Waals surface area contributed by atoms with Gasteiger partial charge in [-0.1, -0.05) is 36.4 Å². The number of aromatic amines is 1. The van der Waals surface area contributed by atoms with Gasteiger partial charge in [0.25, 0.3) is 5.91 Å². The van der Waals surface area contributed by atoms with E-state index in [1.807, 2.05) is 65.6 Å². The van der Waals surface area contributed by atoms with Crippen LogP contribution in [0.15, 0.2) is 66.9 Å². The maximum Gasteiger partial charge on any atom is 0.270 e. The molecule has 1 aliphatic rings. The molecule has 0 unspecified atom stereocenters. The Morgan fingerprint density at radius 1 is 0.967 bits per heavy atom. The van der Waals surface area contributed by atoms with Gasteiger partial charge in [-0.25, -0.2) is 0 Å². The Kier molecular flexibility index (Phi) is 5.07. The smallest absolute Gasteiger partial charge is 0.270 e. The van der Waals surface area contributed by atoms with Crippen molar-refractivity contribution in [1.82, 2.24) is 19.8 Å². The summed E-state index contributed by atoms with van der Waals surface area (Å²) in [6.07, 6.45) is 1.79. The second-order valence-electron chi connectivity index (χ2n) is 7.58.